The zero-order valence-electron chi connectivity index (χ0n) is 13.0. The number of Topliss-reactive ketones (excluding diaryl/α,β-unsaturated/α-hetero) is 1. The summed E-state index contributed by atoms with van der Waals surface area (Å²) in [5.41, 5.74) is 1.63. The van der Waals surface area contributed by atoms with Crippen molar-refractivity contribution < 1.29 is 4.79 Å². The fourth-order valence-corrected chi connectivity index (χ4v) is 2.30. The third-order valence-electron chi connectivity index (χ3n) is 3.34. The van der Waals surface area contributed by atoms with Crippen LogP contribution < -0.4 is 10.6 Å². The molecule has 0 aromatic carbocycles. The molecule has 1 rings (SSSR count). The number of nitrogens with one attached hydrogen (secondary N) is 2. The van der Waals surface area contributed by atoms with Gasteiger partial charge in [-0.15, -0.1) is 0 Å². The third-order valence-corrected chi connectivity index (χ3v) is 3.34. The Morgan fingerprint density at radius 2 is 2.05 bits per heavy atom. The maximum atomic E-state index is 11.9. The normalized spacial score (nSPS) is 16.9. The van der Waals surface area contributed by atoms with E-state index in [1.807, 2.05) is 0 Å². The highest BCUT2D eigenvalue weighted by Gasteiger charge is 2.17. The Morgan fingerprint density at radius 1 is 1.40 bits per heavy atom. The number of nitrogens with zero attached hydrogens (tertiary/aromatic N) is 2. The predicted molar refractivity (Wildman–Crippen MR) is 83.5 cm³/mol. The SMILES string of the molecule is C=C/C(=C(/NCCCN(C)C)C(C)=O)N1CCNCC1. The topological polar surface area (TPSA) is 47.6 Å². The zero-order chi connectivity index (χ0) is 15.0. The first kappa shape index (κ1) is 16.7. The van der Waals surface area contributed by atoms with Crippen LogP contribution in [-0.4, -0.2) is 68.9 Å². The lowest BCUT2D eigenvalue weighted by molar-refractivity contribution is -0.114. The van der Waals surface area contributed by atoms with Crippen LogP contribution in [-0.2, 0) is 4.79 Å². The van der Waals surface area contributed by atoms with Gasteiger partial charge in [0.2, 0.25) is 0 Å². The average molecular weight is 280 g/mol. The summed E-state index contributed by atoms with van der Waals surface area (Å²) in [4.78, 5) is 16.3. The van der Waals surface area contributed by atoms with E-state index in [1.54, 1.807) is 13.0 Å². The summed E-state index contributed by atoms with van der Waals surface area (Å²) in [6, 6.07) is 0. The van der Waals surface area contributed by atoms with Gasteiger partial charge >= 0.3 is 0 Å². The maximum Gasteiger partial charge on any atom is 0.177 e. The highest BCUT2D eigenvalue weighted by molar-refractivity contribution is 5.93. The fraction of sp³-hybridized carbons (Fsp3) is 0.667. The van der Waals surface area contributed by atoms with Crippen LogP contribution in [0, 0.1) is 0 Å². The first-order chi connectivity index (χ1) is 9.56. The molecule has 1 fully saturated rings. The van der Waals surface area contributed by atoms with Gasteiger partial charge in [-0.2, -0.15) is 0 Å². The van der Waals surface area contributed by atoms with Gasteiger partial charge in [0.1, 0.15) is 5.70 Å². The Morgan fingerprint density at radius 3 is 2.55 bits per heavy atom. The van der Waals surface area contributed by atoms with E-state index in [9.17, 15) is 4.79 Å². The summed E-state index contributed by atoms with van der Waals surface area (Å²) in [5.74, 6) is 0.0725. The van der Waals surface area contributed by atoms with Gasteiger partial charge in [0.15, 0.2) is 5.78 Å². The molecular weight excluding hydrogens is 252 g/mol. The average Bonchev–Trinajstić information content (AvgIpc) is 2.42. The van der Waals surface area contributed by atoms with Crippen LogP contribution in [0.5, 0.6) is 0 Å². The van der Waals surface area contributed by atoms with Crippen LogP contribution in [0.4, 0.5) is 0 Å². The number of carbonyl (C=O) groups excluding carboxylic acids is 1. The number of hydrogen-bond donors (Lipinski definition) is 2. The fourth-order valence-electron chi connectivity index (χ4n) is 2.30. The smallest absolute Gasteiger partial charge is 0.177 e. The van der Waals surface area contributed by atoms with Gasteiger partial charge < -0.3 is 20.4 Å². The Kier molecular flexibility index (Phi) is 7.33. The lowest BCUT2D eigenvalue weighted by Gasteiger charge is -2.31. The van der Waals surface area contributed by atoms with Crippen LogP contribution in [0.15, 0.2) is 24.0 Å². The number of allylic oxidation sites excluding steroid dienone is 2. The van der Waals surface area contributed by atoms with E-state index < -0.39 is 0 Å². The Balaban J connectivity index is 2.70. The lowest BCUT2D eigenvalue weighted by Crippen LogP contribution is -2.44. The van der Waals surface area contributed by atoms with E-state index in [0.29, 0.717) is 5.70 Å². The van der Waals surface area contributed by atoms with E-state index >= 15 is 0 Å². The highest BCUT2D eigenvalue weighted by atomic mass is 16.1. The van der Waals surface area contributed by atoms with Crippen LogP contribution >= 0.6 is 0 Å². The molecule has 0 amide bonds. The molecule has 114 valence electrons. The molecule has 1 saturated heterocycles. The van der Waals surface area contributed by atoms with Crippen molar-refractivity contribution in [3.8, 4) is 0 Å². The summed E-state index contributed by atoms with van der Waals surface area (Å²) < 4.78 is 0. The van der Waals surface area contributed by atoms with Gasteiger partial charge in [0, 0.05) is 39.6 Å². The van der Waals surface area contributed by atoms with Crippen molar-refractivity contribution in [1.82, 2.24) is 20.4 Å². The van der Waals surface area contributed by atoms with E-state index in [1.165, 1.54) is 0 Å². The molecule has 0 bridgehead atoms. The highest BCUT2D eigenvalue weighted by Crippen LogP contribution is 2.12. The number of rotatable bonds is 8. The molecular formula is C15H28N4O. The second-order valence-corrected chi connectivity index (χ2v) is 5.34. The zero-order valence-corrected chi connectivity index (χ0v) is 13.0. The van der Waals surface area contributed by atoms with Crippen molar-refractivity contribution in [2.75, 3.05) is 53.4 Å². The maximum absolute atomic E-state index is 11.9. The molecule has 0 saturated carbocycles. The molecule has 5 nitrogen and oxygen atoms in total. The monoisotopic (exact) mass is 280 g/mol. The van der Waals surface area contributed by atoms with Gasteiger partial charge in [-0.05, 0) is 33.1 Å². The third kappa shape index (κ3) is 5.35. The Bertz CT molecular complexity index is 357. The molecule has 0 atom stereocenters. The molecule has 1 aliphatic heterocycles. The van der Waals surface area contributed by atoms with Gasteiger partial charge in [-0.1, -0.05) is 6.58 Å². The minimum Gasteiger partial charge on any atom is -0.380 e. The number of piperazine rings is 1. The molecule has 0 aromatic rings. The molecule has 5 heteroatoms. The summed E-state index contributed by atoms with van der Waals surface area (Å²) in [6.45, 7) is 11.0. The molecule has 1 heterocycles. The van der Waals surface area contributed by atoms with Crippen molar-refractivity contribution >= 4 is 5.78 Å². The second kappa shape index (κ2) is 8.76. The standard InChI is InChI=1S/C15H28N4O/c1-5-14(19-11-8-16-9-12-19)15(13(2)20)17-7-6-10-18(3)4/h5,16-17H,1,6-12H2,2-4H3/b15-14-. The Labute approximate surface area is 122 Å². The quantitative estimate of drug-likeness (QED) is 0.383. The minimum atomic E-state index is 0.0725. The summed E-state index contributed by atoms with van der Waals surface area (Å²) >= 11 is 0. The molecule has 0 radical (unpaired) electrons. The van der Waals surface area contributed by atoms with Crippen molar-refractivity contribution in [2.24, 2.45) is 0 Å². The summed E-state index contributed by atoms with van der Waals surface area (Å²) in [7, 11) is 4.11. The Hall–Kier alpha value is -1.33. The van der Waals surface area contributed by atoms with Crippen LogP contribution in [0.25, 0.3) is 0 Å². The summed E-state index contributed by atoms with van der Waals surface area (Å²) in [6.07, 6.45) is 2.80. The lowest BCUT2D eigenvalue weighted by atomic mass is 10.2. The largest absolute Gasteiger partial charge is 0.380 e. The van der Waals surface area contributed by atoms with Gasteiger partial charge in [0.25, 0.3) is 0 Å². The van der Waals surface area contributed by atoms with Crippen LogP contribution in [0.1, 0.15) is 13.3 Å². The van der Waals surface area contributed by atoms with Crippen molar-refractivity contribution in [3.05, 3.63) is 24.0 Å². The molecule has 0 aliphatic carbocycles. The molecule has 0 spiro atoms. The van der Waals surface area contributed by atoms with E-state index in [4.69, 9.17) is 0 Å². The van der Waals surface area contributed by atoms with Crippen molar-refractivity contribution in [2.45, 2.75) is 13.3 Å². The van der Waals surface area contributed by atoms with Crippen LogP contribution in [0.3, 0.4) is 0 Å². The van der Waals surface area contributed by atoms with E-state index in [0.717, 1.165) is 51.4 Å². The molecule has 1 aliphatic rings. The van der Waals surface area contributed by atoms with E-state index in [2.05, 4.69) is 41.1 Å². The number of hydrogen-bond acceptors (Lipinski definition) is 5. The predicted octanol–water partition coefficient (Wildman–Crippen LogP) is 0.420. The van der Waals surface area contributed by atoms with Crippen LogP contribution in [0.2, 0.25) is 0 Å². The van der Waals surface area contributed by atoms with Crippen molar-refractivity contribution in [1.29, 1.82) is 0 Å². The molecule has 20 heavy (non-hydrogen) atoms. The molecule has 2 N–H and O–H groups in total. The second-order valence-electron chi connectivity index (χ2n) is 5.34. The molecule has 0 aromatic heterocycles. The summed E-state index contributed by atoms with van der Waals surface area (Å²) in [5, 5.41) is 6.61. The first-order valence-corrected chi connectivity index (χ1v) is 7.28. The van der Waals surface area contributed by atoms with Gasteiger partial charge in [-0.25, -0.2) is 0 Å². The number of carbonyl (C=O) groups is 1. The van der Waals surface area contributed by atoms with Gasteiger partial charge in [0.05, 0.1) is 5.70 Å². The molecule has 0 unspecified atom stereocenters. The number of ketones is 1. The van der Waals surface area contributed by atoms with Crippen molar-refractivity contribution in [3.63, 3.8) is 0 Å². The first-order valence-electron chi connectivity index (χ1n) is 7.28. The van der Waals surface area contributed by atoms with E-state index in [-0.39, 0.29) is 5.78 Å². The van der Waals surface area contributed by atoms with Gasteiger partial charge in [-0.3, -0.25) is 4.79 Å². The minimum absolute atomic E-state index is 0.0725.